The average Bonchev–Trinajstić information content (AvgIpc) is 2.34. The molecule has 1 aromatic rings. The molecule has 1 heterocycles. The Morgan fingerprint density at radius 2 is 2.35 bits per heavy atom. The minimum absolute atomic E-state index is 0.0619. The number of carbonyl (C=O) groups is 1. The van der Waals surface area contributed by atoms with Crippen LogP contribution in [0.1, 0.15) is 23.2 Å². The van der Waals surface area contributed by atoms with E-state index in [-0.39, 0.29) is 11.9 Å². The molecule has 2 N–H and O–H groups in total. The van der Waals surface area contributed by atoms with E-state index in [0.717, 1.165) is 30.4 Å². The van der Waals surface area contributed by atoms with Crippen LogP contribution in [0, 0.1) is 0 Å². The van der Waals surface area contributed by atoms with E-state index >= 15 is 0 Å². The van der Waals surface area contributed by atoms with Crippen molar-refractivity contribution in [3.63, 3.8) is 0 Å². The van der Waals surface area contributed by atoms with Crippen LogP contribution in [0.4, 0.5) is 0 Å². The van der Waals surface area contributed by atoms with Crippen LogP contribution in [0.5, 0.6) is 0 Å². The van der Waals surface area contributed by atoms with Crippen LogP contribution >= 0.6 is 27.5 Å². The number of halogens is 2. The minimum atomic E-state index is -0.0619. The highest BCUT2D eigenvalue weighted by Crippen LogP contribution is 2.23. The summed E-state index contributed by atoms with van der Waals surface area (Å²) >= 11 is 9.26. The highest BCUT2D eigenvalue weighted by Gasteiger charge is 2.16. The van der Waals surface area contributed by atoms with E-state index < -0.39 is 0 Å². The van der Waals surface area contributed by atoms with Crippen LogP contribution in [0.15, 0.2) is 22.7 Å². The number of rotatable bonds is 2. The second-order valence-electron chi connectivity index (χ2n) is 4.15. The van der Waals surface area contributed by atoms with Crippen LogP contribution in [0.2, 0.25) is 5.02 Å². The van der Waals surface area contributed by atoms with Crippen LogP contribution in [0.25, 0.3) is 0 Å². The predicted molar refractivity (Wildman–Crippen MR) is 72.5 cm³/mol. The van der Waals surface area contributed by atoms with Crippen molar-refractivity contribution < 1.29 is 4.79 Å². The molecular weight excluding hydrogens is 304 g/mol. The molecule has 5 heteroatoms. The Morgan fingerprint density at radius 1 is 1.53 bits per heavy atom. The molecule has 17 heavy (non-hydrogen) atoms. The second kappa shape index (κ2) is 5.85. The van der Waals surface area contributed by atoms with E-state index in [1.807, 2.05) is 0 Å². The molecule has 0 spiro atoms. The largest absolute Gasteiger partial charge is 0.348 e. The Balaban J connectivity index is 2.01. The zero-order valence-corrected chi connectivity index (χ0v) is 11.6. The van der Waals surface area contributed by atoms with Gasteiger partial charge in [0, 0.05) is 22.6 Å². The number of nitrogens with one attached hydrogen (secondary N) is 2. The first-order chi connectivity index (χ1) is 8.16. The normalized spacial score (nSPS) is 20.0. The Kier molecular flexibility index (Phi) is 4.42. The van der Waals surface area contributed by atoms with Gasteiger partial charge in [0.2, 0.25) is 0 Å². The second-order valence-corrected chi connectivity index (χ2v) is 5.41. The average molecular weight is 318 g/mol. The molecule has 1 aromatic carbocycles. The Hall–Kier alpha value is -0.580. The highest BCUT2D eigenvalue weighted by atomic mass is 79.9. The number of hydrogen-bond donors (Lipinski definition) is 2. The molecule has 1 amide bonds. The van der Waals surface area contributed by atoms with Gasteiger partial charge in [0.15, 0.2) is 0 Å². The number of amides is 1. The summed E-state index contributed by atoms with van der Waals surface area (Å²) in [5.41, 5.74) is 0.601. The van der Waals surface area contributed by atoms with Crippen LogP contribution in [-0.2, 0) is 0 Å². The third kappa shape index (κ3) is 3.44. The minimum Gasteiger partial charge on any atom is -0.348 e. The van der Waals surface area contributed by atoms with E-state index in [1.54, 1.807) is 18.2 Å². The molecule has 1 saturated heterocycles. The lowest BCUT2D eigenvalue weighted by atomic mass is 10.1. The quantitative estimate of drug-likeness (QED) is 0.880. The molecule has 0 aromatic heterocycles. The molecule has 92 valence electrons. The summed E-state index contributed by atoms with van der Waals surface area (Å²) in [6.07, 6.45) is 2.13. The topological polar surface area (TPSA) is 41.1 Å². The van der Waals surface area contributed by atoms with Crippen LogP contribution in [0.3, 0.4) is 0 Å². The maximum Gasteiger partial charge on any atom is 0.251 e. The molecule has 0 aliphatic carbocycles. The van der Waals surface area contributed by atoms with Gasteiger partial charge in [0.25, 0.3) is 5.91 Å². The summed E-state index contributed by atoms with van der Waals surface area (Å²) in [5, 5.41) is 6.83. The SMILES string of the molecule is O=C(N[C@H]1CCCNC1)c1ccc(Br)c(Cl)c1. The van der Waals surface area contributed by atoms with E-state index in [4.69, 9.17) is 11.6 Å². The van der Waals surface area contributed by atoms with Gasteiger partial charge in [-0.2, -0.15) is 0 Å². The van der Waals surface area contributed by atoms with Gasteiger partial charge >= 0.3 is 0 Å². The van der Waals surface area contributed by atoms with Gasteiger partial charge in [-0.3, -0.25) is 4.79 Å². The monoisotopic (exact) mass is 316 g/mol. The molecular formula is C12H14BrClN2O. The summed E-state index contributed by atoms with van der Waals surface area (Å²) in [4.78, 5) is 12.0. The molecule has 0 radical (unpaired) electrons. The van der Waals surface area contributed by atoms with Gasteiger partial charge in [0.05, 0.1) is 5.02 Å². The lowest BCUT2D eigenvalue weighted by Crippen LogP contribution is -2.45. The molecule has 1 aliphatic heterocycles. The van der Waals surface area contributed by atoms with E-state index in [9.17, 15) is 4.79 Å². The lowest BCUT2D eigenvalue weighted by Gasteiger charge is -2.23. The first-order valence-corrected chi connectivity index (χ1v) is 6.80. The zero-order valence-electron chi connectivity index (χ0n) is 9.30. The third-order valence-corrected chi connectivity index (χ3v) is 4.05. The zero-order chi connectivity index (χ0) is 12.3. The maximum absolute atomic E-state index is 12.0. The molecule has 1 fully saturated rings. The number of piperidine rings is 1. The fourth-order valence-electron chi connectivity index (χ4n) is 1.88. The molecule has 2 rings (SSSR count). The number of benzene rings is 1. The molecule has 1 atom stereocenters. The lowest BCUT2D eigenvalue weighted by molar-refractivity contribution is 0.0930. The van der Waals surface area contributed by atoms with Gasteiger partial charge < -0.3 is 10.6 Å². The molecule has 0 bridgehead atoms. The fraction of sp³-hybridized carbons (Fsp3) is 0.417. The van der Waals surface area contributed by atoms with E-state index in [2.05, 4.69) is 26.6 Å². The molecule has 1 aliphatic rings. The van der Waals surface area contributed by atoms with Crippen molar-refractivity contribution in [1.82, 2.24) is 10.6 Å². The van der Waals surface area contributed by atoms with Crippen molar-refractivity contribution in [1.29, 1.82) is 0 Å². The standard InChI is InChI=1S/C12H14BrClN2O/c13-10-4-3-8(6-11(10)14)12(17)16-9-2-1-5-15-7-9/h3-4,6,9,15H,1-2,5,7H2,(H,16,17)/t9-/m0/s1. The van der Waals surface area contributed by atoms with Gasteiger partial charge in [-0.05, 0) is 53.5 Å². The summed E-state index contributed by atoms with van der Waals surface area (Å²) in [5.74, 6) is -0.0619. The third-order valence-electron chi connectivity index (χ3n) is 2.81. The van der Waals surface area contributed by atoms with Crippen molar-refractivity contribution >= 4 is 33.4 Å². The van der Waals surface area contributed by atoms with Crippen molar-refractivity contribution in [2.24, 2.45) is 0 Å². The Labute approximate surface area is 114 Å². The summed E-state index contributed by atoms with van der Waals surface area (Å²) < 4.78 is 0.801. The number of carbonyl (C=O) groups excluding carboxylic acids is 1. The van der Waals surface area contributed by atoms with Crippen molar-refractivity contribution in [2.45, 2.75) is 18.9 Å². The Morgan fingerprint density at radius 3 is 3.00 bits per heavy atom. The Bertz CT molecular complexity index is 419. The maximum atomic E-state index is 12.0. The van der Waals surface area contributed by atoms with Gasteiger partial charge in [-0.15, -0.1) is 0 Å². The first kappa shape index (κ1) is 12.9. The van der Waals surface area contributed by atoms with Crippen molar-refractivity contribution in [3.8, 4) is 0 Å². The van der Waals surface area contributed by atoms with Crippen LogP contribution in [-0.4, -0.2) is 25.0 Å². The first-order valence-electron chi connectivity index (χ1n) is 5.63. The highest BCUT2D eigenvalue weighted by molar-refractivity contribution is 9.10. The molecule has 0 unspecified atom stereocenters. The fourth-order valence-corrected chi connectivity index (χ4v) is 2.31. The van der Waals surface area contributed by atoms with Crippen molar-refractivity contribution in [3.05, 3.63) is 33.3 Å². The summed E-state index contributed by atoms with van der Waals surface area (Å²) in [7, 11) is 0. The van der Waals surface area contributed by atoms with E-state index in [0.29, 0.717) is 10.6 Å². The van der Waals surface area contributed by atoms with Crippen molar-refractivity contribution in [2.75, 3.05) is 13.1 Å². The van der Waals surface area contributed by atoms with Gasteiger partial charge in [-0.1, -0.05) is 11.6 Å². The number of hydrogen-bond acceptors (Lipinski definition) is 2. The smallest absolute Gasteiger partial charge is 0.251 e. The molecule has 3 nitrogen and oxygen atoms in total. The van der Waals surface area contributed by atoms with Gasteiger partial charge in [-0.25, -0.2) is 0 Å². The van der Waals surface area contributed by atoms with Crippen LogP contribution < -0.4 is 10.6 Å². The summed E-state index contributed by atoms with van der Waals surface area (Å²) in [6.45, 7) is 1.88. The predicted octanol–water partition coefficient (Wildman–Crippen LogP) is 2.58. The van der Waals surface area contributed by atoms with E-state index in [1.165, 1.54) is 0 Å². The molecule has 0 saturated carbocycles. The van der Waals surface area contributed by atoms with Gasteiger partial charge in [0.1, 0.15) is 0 Å². The summed E-state index contributed by atoms with van der Waals surface area (Å²) in [6, 6.07) is 5.45.